The van der Waals surface area contributed by atoms with E-state index in [4.69, 9.17) is 14.0 Å². The van der Waals surface area contributed by atoms with Crippen molar-refractivity contribution in [1.29, 1.82) is 0 Å². The van der Waals surface area contributed by atoms with E-state index in [-0.39, 0.29) is 5.69 Å². The number of hydrazone groups is 1. The Balaban J connectivity index is 1.72. The van der Waals surface area contributed by atoms with Crippen LogP contribution in [0.5, 0.6) is 11.5 Å². The van der Waals surface area contributed by atoms with E-state index in [1.807, 2.05) is 36.4 Å². The lowest BCUT2D eigenvalue weighted by atomic mass is 10.1. The summed E-state index contributed by atoms with van der Waals surface area (Å²) in [6, 6.07) is 16.4. The Bertz CT molecular complexity index is 964. The minimum Gasteiger partial charge on any atom is -0.493 e. The molecule has 0 aliphatic rings. The van der Waals surface area contributed by atoms with Crippen LogP contribution in [0.3, 0.4) is 0 Å². The standard InChI is InChI=1S/C20H19N3O4/c1-13(15-9-10-17(25-2)19(11-15)26-3)21-22-20(24)16-12-18(27-23-16)14-7-5-4-6-8-14/h4-12H,1-3H3,(H,22,24)/b21-13-. The predicted molar refractivity (Wildman–Crippen MR) is 101 cm³/mol. The van der Waals surface area contributed by atoms with E-state index in [0.717, 1.165) is 11.1 Å². The number of benzene rings is 2. The molecule has 0 saturated heterocycles. The van der Waals surface area contributed by atoms with Crippen molar-refractivity contribution >= 4 is 11.6 Å². The van der Waals surface area contributed by atoms with Gasteiger partial charge in [0.2, 0.25) is 0 Å². The summed E-state index contributed by atoms with van der Waals surface area (Å²) in [7, 11) is 3.13. The molecule has 3 rings (SSSR count). The van der Waals surface area contributed by atoms with E-state index >= 15 is 0 Å². The first kappa shape index (κ1) is 18.2. The van der Waals surface area contributed by atoms with Crippen LogP contribution in [0.4, 0.5) is 0 Å². The van der Waals surface area contributed by atoms with E-state index in [0.29, 0.717) is 23.0 Å². The van der Waals surface area contributed by atoms with Crippen LogP contribution in [0.2, 0.25) is 0 Å². The molecule has 1 N–H and O–H groups in total. The van der Waals surface area contributed by atoms with Gasteiger partial charge in [0, 0.05) is 17.2 Å². The van der Waals surface area contributed by atoms with Crippen LogP contribution in [-0.2, 0) is 0 Å². The fraction of sp³-hybridized carbons (Fsp3) is 0.150. The highest BCUT2D eigenvalue weighted by Gasteiger charge is 2.13. The number of hydrogen-bond acceptors (Lipinski definition) is 6. The third-order valence-corrected chi connectivity index (χ3v) is 3.93. The summed E-state index contributed by atoms with van der Waals surface area (Å²) >= 11 is 0. The van der Waals surface area contributed by atoms with Gasteiger partial charge in [0.05, 0.1) is 19.9 Å². The van der Waals surface area contributed by atoms with Crippen molar-refractivity contribution in [2.45, 2.75) is 6.92 Å². The molecule has 2 aromatic carbocycles. The first-order chi connectivity index (χ1) is 13.1. The Kier molecular flexibility index (Phi) is 5.51. The summed E-state index contributed by atoms with van der Waals surface area (Å²) < 4.78 is 15.7. The summed E-state index contributed by atoms with van der Waals surface area (Å²) in [5, 5.41) is 7.92. The summed E-state index contributed by atoms with van der Waals surface area (Å²) in [4.78, 5) is 12.3. The van der Waals surface area contributed by atoms with Crippen LogP contribution < -0.4 is 14.9 Å². The molecule has 7 heteroatoms. The second kappa shape index (κ2) is 8.18. The van der Waals surface area contributed by atoms with Crippen molar-refractivity contribution < 1.29 is 18.8 Å². The Labute approximate surface area is 156 Å². The van der Waals surface area contributed by atoms with Crippen molar-refractivity contribution in [3.63, 3.8) is 0 Å². The summed E-state index contributed by atoms with van der Waals surface area (Å²) in [5.41, 5.74) is 4.87. The maximum absolute atomic E-state index is 12.3. The fourth-order valence-electron chi connectivity index (χ4n) is 2.44. The lowest BCUT2D eigenvalue weighted by Crippen LogP contribution is -2.19. The lowest BCUT2D eigenvalue weighted by Gasteiger charge is -2.09. The number of rotatable bonds is 6. The Morgan fingerprint density at radius 1 is 1.04 bits per heavy atom. The van der Waals surface area contributed by atoms with Gasteiger partial charge in [-0.1, -0.05) is 35.5 Å². The van der Waals surface area contributed by atoms with E-state index in [9.17, 15) is 4.79 Å². The van der Waals surface area contributed by atoms with Crippen LogP contribution in [0.15, 0.2) is 64.2 Å². The van der Waals surface area contributed by atoms with E-state index in [1.165, 1.54) is 0 Å². The molecule has 0 saturated carbocycles. The van der Waals surface area contributed by atoms with Gasteiger partial charge >= 0.3 is 0 Å². The van der Waals surface area contributed by atoms with Gasteiger partial charge in [-0.05, 0) is 25.1 Å². The Morgan fingerprint density at radius 2 is 1.78 bits per heavy atom. The quantitative estimate of drug-likeness (QED) is 0.534. The molecule has 1 aromatic heterocycles. The third-order valence-electron chi connectivity index (χ3n) is 3.93. The number of methoxy groups -OCH3 is 2. The van der Waals surface area contributed by atoms with Crippen molar-refractivity contribution in [3.05, 3.63) is 65.9 Å². The molecule has 1 heterocycles. The first-order valence-corrected chi connectivity index (χ1v) is 8.21. The van der Waals surface area contributed by atoms with Gasteiger partial charge in [0.25, 0.3) is 5.91 Å². The SMILES string of the molecule is COc1ccc(/C(C)=N\NC(=O)c2cc(-c3ccccc3)on2)cc1OC. The van der Waals surface area contributed by atoms with E-state index < -0.39 is 5.91 Å². The van der Waals surface area contributed by atoms with Gasteiger partial charge in [-0.25, -0.2) is 5.43 Å². The highest BCUT2D eigenvalue weighted by Crippen LogP contribution is 2.27. The zero-order valence-corrected chi connectivity index (χ0v) is 15.2. The fourth-order valence-corrected chi connectivity index (χ4v) is 2.44. The highest BCUT2D eigenvalue weighted by atomic mass is 16.5. The van der Waals surface area contributed by atoms with Crippen LogP contribution in [0.1, 0.15) is 23.0 Å². The van der Waals surface area contributed by atoms with E-state index in [2.05, 4.69) is 15.7 Å². The third kappa shape index (κ3) is 4.14. The number of amides is 1. The predicted octanol–water partition coefficient (Wildman–Crippen LogP) is 3.51. The molecule has 0 bridgehead atoms. The van der Waals surface area contributed by atoms with Crippen molar-refractivity contribution in [1.82, 2.24) is 10.6 Å². The maximum atomic E-state index is 12.3. The van der Waals surface area contributed by atoms with Crippen molar-refractivity contribution in [2.75, 3.05) is 14.2 Å². The lowest BCUT2D eigenvalue weighted by molar-refractivity contribution is 0.0946. The first-order valence-electron chi connectivity index (χ1n) is 8.21. The average molecular weight is 365 g/mol. The number of nitrogens with zero attached hydrogens (tertiary/aromatic N) is 2. The molecule has 27 heavy (non-hydrogen) atoms. The summed E-state index contributed by atoms with van der Waals surface area (Å²) in [6.07, 6.45) is 0. The molecule has 0 aliphatic carbocycles. The summed E-state index contributed by atoms with van der Waals surface area (Å²) in [6.45, 7) is 1.78. The molecule has 0 aliphatic heterocycles. The molecule has 3 aromatic rings. The van der Waals surface area contributed by atoms with Crippen molar-refractivity contribution in [3.8, 4) is 22.8 Å². The summed E-state index contributed by atoms with van der Waals surface area (Å²) in [5.74, 6) is 1.26. The number of nitrogens with one attached hydrogen (secondary N) is 1. The Hall–Kier alpha value is -3.61. The topological polar surface area (TPSA) is 86.0 Å². The van der Waals surface area contributed by atoms with Gasteiger partial charge < -0.3 is 14.0 Å². The molecular formula is C20H19N3O4. The molecule has 0 fully saturated rings. The highest BCUT2D eigenvalue weighted by molar-refractivity contribution is 6.01. The minimum atomic E-state index is -0.458. The zero-order chi connectivity index (χ0) is 19.2. The second-order valence-corrected chi connectivity index (χ2v) is 5.65. The number of ether oxygens (including phenoxy) is 2. The average Bonchev–Trinajstić information content (AvgIpc) is 3.22. The van der Waals surface area contributed by atoms with Gasteiger partial charge in [0.1, 0.15) is 0 Å². The largest absolute Gasteiger partial charge is 0.493 e. The van der Waals surface area contributed by atoms with Crippen LogP contribution in [0.25, 0.3) is 11.3 Å². The van der Waals surface area contributed by atoms with Crippen LogP contribution in [-0.4, -0.2) is 31.0 Å². The number of carbonyl (C=O) groups is 1. The smallest absolute Gasteiger partial charge is 0.293 e. The Morgan fingerprint density at radius 3 is 2.48 bits per heavy atom. The molecule has 0 unspecified atom stereocenters. The van der Waals surface area contributed by atoms with Gasteiger partial charge in [-0.15, -0.1) is 0 Å². The van der Waals surface area contributed by atoms with E-state index in [1.54, 1.807) is 39.3 Å². The number of hydrogen-bond donors (Lipinski definition) is 1. The van der Waals surface area contributed by atoms with Gasteiger partial charge in [0.15, 0.2) is 23.0 Å². The number of aromatic nitrogens is 1. The monoisotopic (exact) mass is 365 g/mol. The minimum absolute atomic E-state index is 0.151. The van der Waals surface area contributed by atoms with Gasteiger partial charge in [-0.2, -0.15) is 5.10 Å². The maximum Gasteiger partial charge on any atom is 0.293 e. The molecule has 1 amide bonds. The van der Waals surface area contributed by atoms with Crippen LogP contribution in [0, 0.1) is 0 Å². The second-order valence-electron chi connectivity index (χ2n) is 5.65. The molecule has 138 valence electrons. The van der Waals surface area contributed by atoms with Gasteiger partial charge in [-0.3, -0.25) is 4.79 Å². The molecule has 0 spiro atoms. The molecule has 0 radical (unpaired) electrons. The molecule has 7 nitrogen and oxygen atoms in total. The van der Waals surface area contributed by atoms with Crippen molar-refractivity contribution in [2.24, 2.45) is 5.10 Å². The zero-order valence-electron chi connectivity index (χ0n) is 15.2. The normalized spacial score (nSPS) is 11.1. The molecular weight excluding hydrogens is 346 g/mol. The molecule has 0 atom stereocenters. The van der Waals surface area contributed by atoms with Crippen LogP contribution >= 0.6 is 0 Å². The number of carbonyl (C=O) groups excluding carboxylic acids is 1.